The fourth-order valence-corrected chi connectivity index (χ4v) is 3.65. The van der Waals surface area contributed by atoms with Crippen LogP contribution in [0.25, 0.3) is 10.2 Å². The Morgan fingerprint density at radius 1 is 1.57 bits per heavy atom. The highest BCUT2D eigenvalue weighted by atomic mass is 32.1. The van der Waals surface area contributed by atoms with Gasteiger partial charge in [0.25, 0.3) is 5.91 Å². The van der Waals surface area contributed by atoms with Gasteiger partial charge in [0.15, 0.2) is 0 Å². The van der Waals surface area contributed by atoms with Gasteiger partial charge >= 0.3 is 0 Å². The van der Waals surface area contributed by atoms with Gasteiger partial charge in [0.1, 0.15) is 15.7 Å². The van der Waals surface area contributed by atoms with Crippen molar-refractivity contribution in [3.05, 3.63) is 22.7 Å². The first kappa shape index (κ1) is 13.8. The van der Waals surface area contributed by atoms with Crippen LogP contribution in [0.1, 0.15) is 22.2 Å². The van der Waals surface area contributed by atoms with E-state index in [-0.39, 0.29) is 11.8 Å². The van der Waals surface area contributed by atoms with Crippen molar-refractivity contribution in [1.29, 1.82) is 0 Å². The normalized spacial score (nSPS) is 18.9. The number of hydrogen-bond acceptors (Lipinski definition) is 5. The average Bonchev–Trinajstić information content (AvgIpc) is 2.80. The Labute approximate surface area is 125 Å². The number of piperazine rings is 1. The van der Waals surface area contributed by atoms with Crippen molar-refractivity contribution in [3.63, 3.8) is 0 Å². The van der Waals surface area contributed by atoms with E-state index in [9.17, 15) is 9.59 Å². The van der Waals surface area contributed by atoms with Gasteiger partial charge in [-0.3, -0.25) is 9.59 Å². The summed E-state index contributed by atoms with van der Waals surface area (Å²) >= 11 is 1.28. The van der Waals surface area contributed by atoms with E-state index in [0.717, 1.165) is 15.8 Å². The van der Waals surface area contributed by atoms with Crippen molar-refractivity contribution in [1.82, 2.24) is 15.2 Å². The Kier molecular flexibility index (Phi) is 3.29. The van der Waals surface area contributed by atoms with Gasteiger partial charge in [0.2, 0.25) is 5.91 Å². The lowest BCUT2D eigenvalue weighted by Crippen LogP contribution is -2.55. The number of hydrogen-bond donors (Lipinski definition) is 2. The molecule has 7 heteroatoms. The lowest BCUT2D eigenvalue weighted by Gasteiger charge is -2.32. The van der Waals surface area contributed by atoms with Crippen LogP contribution in [0.3, 0.4) is 0 Å². The van der Waals surface area contributed by atoms with Crippen molar-refractivity contribution < 1.29 is 9.59 Å². The van der Waals surface area contributed by atoms with Crippen LogP contribution in [-0.4, -0.2) is 40.8 Å². The van der Waals surface area contributed by atoms with Crippen LogP contribution in [0.4, 0.5) is 5.69 Å². The summed E-state index contributed by atoms with van der Waals surface area (Å²) in [6.07, 6.45) is 1.71. The van der Waals surface area contributed by atoms with Gasteiger partial charge in [-0.15, -0.1) is 11.3 Å². The molecule has 0 spiro atoms. The van der Waals surface area contributed by atoms with Gasteiger partial charge < -0.3 is 16.0 Å². The molecule has 1 saturated heterocycles. The molecular formula is C14H16N4O2S. The van der Waals surface area contributed by atoms with Crippen molar-refractivity contribution in [2.45, 2.75) is 19.9 Å². The summed E-state index contributed by atoms with van der Waals surface area (Å²) in [6, 6.07) is 1.39. The van der Waals surface area contributed by atoms with Gasteiger partial charge in [-0.05, 0) is 25.5 Å². The number of nitrogens with two attached hydrogens (primary N) is 1. The molecule has 6 nitrogen and oxygen atoms in total. The van der Waals surface area contributed by atoms with E-state index in [2.05, 4.69) is 10.3 Å². The summed E-state index contributed by atoms with van der Waals surface area (Å²) in [5, 5.41) is 3.58. The molecule has 3 rings (SSSR count). The number of aromatic nitrogens is 1. The lowest BCUT2D eigenvalue weighted by atomic mass is 10.1. The second-order valence-corrected chi connectivity index (χ2v) is 6.12. The van der Waals surface area contributed by atoms with E-state index in [1.165, 1.54) is 11.3 Å². The quantitative estimate of drug-likeness (QED) is 0.827. The molecule has 0 aromatic carbocycles. The number of anilines is 1. The maximum Gasteiger partial charge on any atom is 0.266 e. The summed E-state index contributed by atoms with van der Waals surface area (Å²) in [5.41, 5.74) is 7.61. The molecule has 0 aliphatic carbocycles. The van der Waals surface area contributed by atoms with Crippen molar-refractivity contribution in [2.24, 2.45) is 0 Å². The molecule has 2 aromatic rings. The number of amides is 2. The minimum atomic E-state index is -0.482. The zero-order chi connectivity index (χ0) is 15.1. The first-order valence-electron chi connectivity index (χ1n) is 6.73. The number of nitrogens with zero attached hydrogens (tertiary/aromatic N) is 2. The van der Waals surface area contributed by atoms with E-state index >= 15 is 0 Å². The van der Waals surface area contributed by atoms with E-state index in [1.807, 2.05) is 13.0 Å². The standard InChI is InChI=1S/C14H16N4O2S/c1-7-3-4-17-13-9(7)10(15)11(21-13)14(20)18-6-5-16-12(19)8(18)2/h3-4,8H,5-6,15H2,1-2H3,(H,16,19). The van der Waals surface area contributed by atoms with Gasteiger partial charge in [0.05, 0.1) is 5.69 Å². The fraction of sp³-hybridized carbons (Fsp3) is 0.357. The highest BCUT2D eigenvalue weighted by Crippen LogP contribution is 2.35. The summed E-state index contributed by atoms with van der Waals surface area (Å²) in [5.74, 6) is -0.333. The van der Waals surface area contributed by atoms with Crippen molar-refractivity contribution in [2.75, 3.05) is 18.8 Å². The Bertz CT molecular complexity index is 740. The van der Waals surface area contributed by atoms with Crippen LogP contribution in [0.15, 0.2) is 12.3 Å². The monoisotopic (exact) mass is 304 g/mol. The third kappa shape index (κ3) is 2.13. The van der Waals surface area contributed by atoms with Crippen LogP contribution in [0.2, 0.25) is 0 Å². The van der Waals surface area contributed by atoms with Crippen LogP contribution >= 0.6 is 11.3 Å². The molecule has 3 heterocycles. The number of rotatable bonds is 1. The van der Waals surface area contributed by atoms with Crippen molar-refractivity contribution >= 4 is 39.1 Å². The number of nitrogens with one attached hydrogen (secondary N) is 1. The SMILES string of the molecule is Cc1ccnc2sc(C(=O)N3CCNC(=O)C3C)c(N)c12. The topological polar surface area (TPSA) is 88.3 Å². The zero-order valence-corrected chi connectivity index (χ0v) is 12.7. The van der Waals surface area contributed by atoms with Crippen LogP contribution in [0, 0.1) is 6.92 Å². The van der Waals surface area contributed by atoms with E-state index < -0.39 is 6.04 Å². The molecule has 110 valence electrons. The Morgan fingerprint density at radius 3 is 3.05 bits per heavy atom. The second kappa shape index (κ2) is 5.00. The van der Waals surface area contributed by atoms with E-state index in [4.69, 9.17) is 5.73 Å². The number of thiophene rings is 1. The Morgan fingerprint density at radius 2 is 2.33 bits per heavy atom. The molecule has 2 aromatic heterocycles. The summed E-state index contributed by atoms with van der Waals surface area (Å²) in [6.45, 7) is 4.63. The highest BCUT2D eigenvalue weighted by Gasteiger charge is 2.32. The third-order valence-corrected chi connectivity index (χ3v) is 4.89. The van der Waals surface area contributed by atoms with Crippen LogP contribution in [0.5, 0.6) is 0 Å². The maximum absolute atomic E-state index is 12.7. The van der Waals surface area contributed by atoms with Crippen LogP contribution in [-0.2, 0) is 4.79 Å². The smallest absolute Gasteiger partial charge is 0.266 e. The largest absolute Gasteiger partial charge is 0.397 e. The molecule has 1 aliphatic heterocycles. The number of aryl methyl sites for hydroxylation is 1. The molecule has 0 saturated carbocycles. The minimum absolute atomic E-state index is 0.136. The van der Waals surface area contributed by atoms with E-state index in [1.54, 1.807) is 18.0 Å². The highest BCUT2D eigenvalue weighted by molar-refractivity contribution is 7.21. The fourth-order valence-electron chi connectivity index (χ4n) is 2.55. The molecule has 1 unspecified atom stereocenters. The predicted molar refractivity (Wildman–Crippen MR) is 82.3 cm³/mol. The van der Waals surface area contributed by atoms with Gasteiger partial charge in [0, 0.05) is 24.7 Å². The molecule has 1 aliphatic rings. The minimum Gasteiger partial charge on any atom is -0.397 e. The first-order valence-corrected chi connectivity index (χ1v) is 7.54. The number of pyridine rings is 1. The molecule has 2 amide bonds. The first-order chi connectivity index (χ1) is 10.0. The molecule has 0 radical (unpaired) electrons. The van der Waals surface area contributed by atoms with Crippen molar-refractivity contribution in [3.8, 4) is 0 Å². The number of carbonyl (C=O) groups is 2. The van der Waals surface area contributed by atoms with Gasteiger partial charge in [-0.1, -0.05) is 0 Å². The lowest BCUT2D eigenvalue weighted by molar-refractivity contribution is -0.127. The summed E-state index contributed by atoms with van der Waals surface area (Å²) < 4.78 is 0. The summed E-state index contributed by atoms with van der Waals surface area (Å²) in [7, 11) is 0. The average molecular weight is 304 g/mol. The maximum atomic E-state index is 12.7. The van der Waals surface area contributed by atoms with Crippen LogP contribution < -0.4 is 11.1 Å². The molecule has 1 fully saturated rings. The molecule has 21 heavy (non-hydrogen) atoms. The number of carbonyl (C=O) groups excluding carboxylic acids is 2. The predicted octanol–water partition coefficient (Wildman–Crippen LogP) is 1.15. The molecule has 0 bridgehead atoms. The molecular weight excluding hydrogens is 288 g/mol. The molecule has 3 N–H and O–H groups in total. The Balaban J connectivity index is 2.04. The second-order valence-electron chi connectivity index (χ2n) is 5.12. The molecule has 1 atom stereocenters. The zero-order valence-electron chi connectivity index (χ0n) is 11.8. The third-order valence-electron chi connectivity index (χ3n) is 3.79. The Hall–Kier alpha value is -2.15. The van der Waals surface area contributed by atoms with Gasteiger partial charge in [-0.2, -0.15) is 0 Å². The number of nitrogen functional groups attached to an aromatic ring is 1. The summed E-state index contributed by atoms with van der Waals surface area (Å²) in [4.78, 5) is 31.5. The van der Waals surface area contributed by atoms with Gasteiger partial charge in [-0.25, -0.2) is 4.98 Å². The van der Waals surface area contributed by atoms with E-state index in [0.29, 0.717) is 23.7 Å². The number of fused-ring (bicyclic) bond motifs is 1.